The topological polar surface area (TPSA) is 78.9 Å². The minimum absolute atomic E-state index is 0.0261. The van der Waals surface area contributed by atoms with Crippen molar-refractivity contribution in [2.24, 2.45) is 0 Å². The van der Waals surface area contributed by atoms with Crippen molar-refractivity contribution in [3.05, 3.63) is 29.8 Å². The quantitative estimate of drug-likeness (QED) is 0.802. The molecule has 2 unspecified atom stereocenters. The number of methoxy groups -OCH3 is 1. The van der Waals surface area contributed by atoms with E-state index in [4.69, 9.17) is 9.84 Å². The molecule has 1 heterocycles. The molecule has 0 bridgehead atoms. The third-order valence-electron chi connectivity index (χ3n) is 4.51. The zero-order valence-electron chi connectivity index (χ0n) is 14.3. The van der Waals surface area contributed by atoms with Crippen molar-refractivity contribution in [2.45, 2.75) is 44.7 Å². The van der Waals surface area contributed by atoms with Gasteiger partial charge in [0.2, 0.25) is 0 Å². The highest BCUT2D eigenvalue weighted by Gasteiger charge is 2.30. The van der Waals surface area contributed by atoms with Crippen LogP contribution in [0.25, 0.3) is 0 Å². The summed E-state index contributed by atoms with van der Waals surface area (Å²) in [6.07, 6.45) is 3.29. The van der Waals surface area contributed by atoms with E-state index in [1.807, 2.05) is 31.2 Å². The van der Waals surface area contributed by atoms with Crippen LogP contribution >= 0.6 is 0 Å². The van der Waals surface area contributed by atoms with E-state index in [1.165, 1.54) is 0 Å². The summed E-state index contributed by atoms with van der Waals surface area (Å²) < 4.78 is 5.11. The first-order valence-electron chi connectivity index (χ1n) is 8.43. The summed E-state index contributed by atoms with van der Waals surface area (Å²) >= 11 is 0. The maximum atomic E-state index is 12.5. The van der Waals surface area contributed by atoms with Crippen LogP contribution in [0.3, 0.4) is 0 Å². The normalized spacial score (nSPS) is 18.8. The van der Waals surface area contributed by atoms with E-state index >= 15 is 0 Å². The molecule has 0 radical (unpaired) electrons. The molecule has 132 valence electrons. The average Bonchev–Trinajstić information content (AvgIpc) is 2.62. The molecule has 6 nitrogen and oxygen atoms in total. The average molecular weight is 334 g/mol. The molecule has 1 aromatic rings. The lowest BCUT2D eigenvalue weighted by Gasteiger charge is -2.35. The fraction of sp³-hybridized carbons (Fsp3) is 0.556. The Morgan fingerprint density at radius 2 is 2.04 bits per heavy atom. The van der Waals surface area contributed by atoms with Gasteiger partial charge in [-0.15, -0.1) is 0 Å². The Kier molecular flexibility index (Phi) is 6.61. The summed E-state index contributed by atoms with van der Waals surface area (Å²) in [7, 11) is 1.60. The first-order valence-corrected chi connectivity index (χ1v) is 8.43. The van der Waals surface area contributed by atoms with Crippen molar-refractivity contribution in [3.63, 3.8) is 0 Å². The molecule has 0 spiro atoms. The lowest BCUT2D eigenvalue weighted by Crippen LogP contribution is -2.50. The number of rotatable bonds is 5. The van der Waals surface area contributed by atoms with E-state index in [-0.39, 0.29) is 18.7 Å². The molecule has 2 rings (SSSR count). The van der Waals surface area contributed by atoms with Crippen molar-refractivity contribution in [1.82, 2.24) is 10.2 Å². The van der Waals surface area contributed by atoms with Crippen LogP contribution in [0.1, 0.15) is 44.2 Å². The fourth-order valence-electron chi connectivity index (χ4n) is 3.08. The molecule has 2 atom stereocenters. The van der Waals surface area contributed by atoms with E-state index in [9.17, 15) is 9.59 Å². The summed E-state index contributed by atoms with van der Waals surface area (Å²) in [5, 5.41) is 11.9. The van der Waals surface area contributed by atoms with Crippen LogP contribution in [-0.4, -0.2) is 48.1 Å². The molecule has 1 aromatic carbocycles. The Morgan fingerprint density at radius 3 is 2.67 bits per heavy atom. The molecular weight excluding hydrogens is 308 g/mol. The van der Waals surface area contributed by atoms with Crippen LogP contribution in [0.15, 0.2) is 24.3 Å². The van der Waals surface area contributed by atoms with E-state index < -0.39 is 11.8 Å². The van der Waals surface area contributed by atoms with E-state index in [2.05, 4.69) is 5.32 Å². The summed E-state index contributed by atoms with van der Waals surface area (Å²) in [6.45, 7) is 2.44. The Balaban J connectivity index is 1.97. The lowest BCUT2D eigenvalue weighted by molar-refractivity contribution is -0.148. The van der Waals surface area contributed by atoms with Crippen molar-refractivity contribution in [1.29, 1.82) is 0 Å². The second kappa shape index (κ2) is 8.68. The molecule has 0 saturated carbocycles. The molecule has 0 aromatic heterocycles. The number of ether oxygens (including phenoxy) is 1. The van der Waals surface area contributed by atoms with Gasteiger partial charge < -0.3 is 20.1 Å². The zero-order chi connectivity index (χ0) is 17.5. The smallest absolute Gasteiger partial charge is 0.312 e. The van der Waals surface area contributed by atoms with Crippen molar-refractivity contribution < 1.29 is 19.4 Å². The van der Waals surface area contributed by atoms with E-state index in [0.29, 0.717) is 13.0 Å². The van der Waals surface area contributed by atoms with Crippen molar-refractivity contribution >= 4 is 11.8 Å². The molecule has 2 N–H and O–H groups in total. The second-order valence-electron chi connectivity index (χ2n) is 6.13. The number of hydrogen-bond acceptors (Lipinski definition) is 4. The predicted octanol–water partition coefficient (Wildman–Crippen LogP) is 1.64. The van der Waals surface area contributed by atoms with Gasteiger partial charge in [-0.2, -0.15) is 0 Å². The molecule has 1 aliphatic rings. The number of carbonyl (C=O) groups excluding carboxylic acids is 2. The number of likely N-dealkylation sites (tertiary alicyclic amines) is 1. The largest absolute Gasteiger partial charge is 0.497 e. The third-order valence-corrected chi connectivity index (χ3v) is 4.51. The first kappa shape index (κ1) is 18.3. The molecule has 1 aliphatic heterocycles. The summed E-state index contributed by atoms with van der Waals surface area (Å²) in [6, 6.07) is 7.06. The van der Waals surface area contributed by atoms with Crippen LogP contribution < -0.4 is 10.1 Å². The molecule has 24 heavy (non-hydrogen) atoms. The second-order valence-corrected chi connectivity index (χ2v) is 6.13. The predicted molar refractivity (Wildman–Crippen MR) is 90.6 cm³/mol. The summed E-state index contributed by atoms with van der Waals surface area (Å²) in [5.41, 5.74) is 0.905. The monoisotopic (exact) mass is 334 g/mol. The van der Waals surface area contributed by atoms with Gasteiger partial charge in [-0.3, -0.25) is 9.59 Å². The van der Waals surface area contributed by atoms with Crippen LogP contribution in [0.2, 0.25) is 0 Å². The number of hydrogen-bond donors (Lipinski definition) is 2. The minimum Gasteiger partial charge on any atom is -0.497 e. The van der Waals surface area contributed by atoms with Crippen LogP contribution in [-0.2, 0) is 9.59 Å². The van der Waals surface area contributed by atoms with Crippen molar-refractivity contribution in [2.75, 3.05) is 20.3 Å². The highest BCUT2D eigenvalue weighted by Crippen LogP contribution is 2.21. The van der Waals surface area contributed by atoms with Gasteiger partial charge in [-0.05, 0) is 50.3 Å². The van der Waals surface area contributed by atoms with Gasteiger partial charge >= 0.3 is 11.8 Å². The Hall–Kier alpha value is -2.08. The Bertz CT molecular complexity index is 557. The lowest BCUT2D eigenvalue weighted by atomic mass is 9.99. The number of benzene rings is 1. The standard InChI is InChI=1S/C18H26N2O4/c1-13(14-6-8-16(24-2)9-7-14)19-17(22)18(23)20-11-4-3-5-15(20)10-12-21/h6-9,13,15,21H,3-5,10-12H2,1-2H3,(H,19,22). The Labute approximate surface area is 142 Å². The molecule has 6 heteroatoms. The molecule has 1 fully saturated rings. The zero-order valence-corrected chi connectivity index (χ0v) is 14.3. The highest BCUT2D eigenvalue weighted by molar-refractivity contribution is 6.35. The van der Waals surface area contributed by atoms with E-state index in [0.717, 1.165) is 30.6 Å². The maximum Gasteiger partial charge on any atom is 0.312 e. The Morgan fingerprint density at radius 1 is 1.33 bits per heavy atom. The number of amides is 2. The van der Waals surface area contributed by atoms with Gasteiger partial charge in [0.15, 0.2) is 0 Å². The molecule has 2 amide bonds. The summed E-state index contributed by atoms with van der Waals surface area (Å²) in [5.74, 6) is -0.356. The van der Waals surface area contributed by atoms with Crippen molar-refractivity contribution in [3.8, 4) is 5.75 Å². The summed E-state index contributed by atoms with van der Waals surface area (Å²) in [4.78, 5) is 26.4. The number of aliphatic hydroxyl groups excluding tert-OH is 1. The maximum absolute atomic E-state index is 12.5. The number of nitrogens with one attached hydrogen (secondary N) is 1. The minimum atomic E-state index is -0.594. The van der Waals surface area contributed by atoms with Crippen LogP contribution in [0.4, 0.5) is 0 Å². The van der Waals surface area contributed by atoms with E-state index in [1.54, 1.807) is 12.0 Å². The van der Waals surface area contributed by atoms with Gasteiger partial charge in [0, 0.05) is 19.2 Å². The number of aliphatic hydroxyl groups is 1. The number of nitrogens with zero attached hydrogens (tertiary/aromatic N) is 1. The number of carbonyl (C=O) groups is 2. The molecule has 0 aliphatic carbocycles. The molecular formula is C18H26N2O4. The van der Waals surface area contributed by atoms with Gasteiger partial charge in [-0.1, -0.05) is 12.1 Å². The first-order chi connectivity index (χ1) is 11.6. The van der Waals surface area contributed by atoms with Gasteiger partial charge in [0.1, 0.15) is 5.75 Å². The van der Waals surface area contributed by atoms with Gasteiger partial charge in [0.05, 0.1) is 13.2 Å². The highest BCUT2D eigenvalue weighted by atomic mass is 16.5. The van der Waals surface area contributed by atoms with Crippen LogP contribution in [0, 0.1) is 0 Å². The third kappa shape index (κ3) is 4.47. The number of piperidine rings is 1. The SMILES string of the molecule is COc1ccc(C(C)NC(=O)C(=O)N2CCCCC2CCO)cc1. The molecule has 1 saturated heterocycles. The fourth-order valence-corrected chi connectivity index (χ4v) is 3.08. The van der Waals surface area contributed by atoms with Crippen LogP contribution in [0.5, 0.6) is 5.75 Å². The van der Waals surface area contributed by atoms with Gasteiger partial charge in [0.25, 0.3) is 0 Å². The van der Waals surface area contributed by atoms with Gasteiger partial charge in [-0.25, -0.2) is 0 Å².